The van der Waals surface area contributed by atoms with Gasteiger partial charge >= 0.3 is 12.2 Å². The number of piperidine rings is 1. The van der Waals surface area contributed by atoms with E-state index in [1.54, 1.807) is 23.1 Å². The molecular formula is C30H30Cl2F3N7O. The van der Waals surface area contributed by atoms with Crippen LogP contribution in [0.1, 0.15) is 44.9 Å². The molecule has 1 aliphatic heterocycles. The number of urea groups is 1. The summed E-state index contributed by atoms with van der Waals surface area (Å²) in [5.41, 5.74) is -0.0603. The molecule has 4 aromatic rings. The van der Waals surface area contributed by atoms with Gasteiger partial charge in [0.1, 0.15) is 17.7 Å². The van der Waals surface area contributed by atoms with Crippen LogP contribution in [0.3, 0.4) is 0 Å². The van der Waals surface area contributed by atoms with Gasteiger partial charge in [-0.1, -0.05) is 54.6 Å². The molecule has 0 unspecified atom stereocenters. The minimum Gasteiger partial charge on any atom is -0.354 e. The van der Waals surface area contributed by atoms with E-state index in [0.29, 0.717) is 38.4 Å². The zero-order chi connectivity index (χ0) is 30.2. The lowest BCUT2D eigenvalue weighted by atomic mass is 9.86. The van der Waals surface area contributed by atoms with Crippen LogP contribution in [-0.2, 0) is 0 Å². The van der Waals surface area contributed by atoms with Crippen molar-refractivity contribution in [1.82, 2.24) is 30.2 Å². The van der Waals surface area contributed by atoms with E-state index in [-0.39, 0.29) is 32.0 Å². The normalized spacial score (nSPS) is 17.7. The predicted molar refractivity (Wildman–Crippen MR) is 161 cm³/mol. The Labute approximate surface area is 256 Å². The third kappa shape index (κ3) is 5.84. The third-order valence-electron chi connectivity index (χ3n) is 8.38. The van der Waals surface area contributed by atoms with Gasteiger partial charge in [-0.15, -0.1) is 0 Å². The fraction of sp³-hybridized carbons (Fsp3) is 0.400. The molecule has 0 atom stereocenters. The number of hydrogen-bond acceptors (Lipinski definition) is 5. The van der Waals surface area contributed by atoms with Gasteiger partial charge in [-0.25, -0.2) is 19.7 Å². The first-order chi connectivity index (χ1) is 20.6. The molecule has 3 heterocycles. The Morgan fingerprint density at radius 3 is 2.33 bits per heavy atom. The molecule has 2 aromatic heterocycles. The van der Waals surface area contributed by atoms with E-state index < -0.39 is 17.7 Å². The van der Waals surface area contributed by atoms with Gasteiger partial charge in [0.2, 0.25) is 0 Å². The van der Waals surface area contributed by atoms with Gasteiger partial charge in [0, 0.05) is 35.4 Å². The Morgan fingerprint density at radius 1 is 0.953 bits per heavy atom. The lowest BCUT2D eigenvalue weighted by Gasteiger charge is -2.43. The summed E-state index contributed by atoms with van der Waals surface area (Å²) >= 11 is 12.7. The highest BCUT2D eigenvalue weighted by molar-refractivity contribution is 6.33. The van der Waals surface area contributed by atoms with Crippen LogP contribution in [0.4, 0.5) is 23.8 Å². The number of hydrogen-bond donors (Lipinski definition) is 2. The minimum atomic E-state index is -4.63. The molecule has 0 bridgehead atoms. The molecule has 13 heteroatoms. The number of benzene rings is 2. The molecule has 0 radical (unpaired) electrons. The highest BCUT2D eigenvalue weighted by Gasteiger charge is 2.57. The minimum absolute atomic E-state index is 0.00453. The van der Waals surface area contributed by atoms with Crippen LogP contribution in [0.5, 0.6) is 0 Å². The average Bonchev–Trinajstić information content (AvgIpc) is 3.38. The number of nitrogens with zero attached hydrogens (tertiary/aromatic N) is 5. The number of aromatic nitrogens is 4. The van der Waals surface area contributed by atoms with Crippen LogP contribution < -0.4 is 15.5 Å². The van der Waals surface area contributed by atoms with Crippen molar-refractivity contribution in [2.75, 3.05) is 18.0 Å². The summed E-state index contributed by atoms with van der Waals surface area (Å²) in [6.07, 6.45) is 0.640. The molecule has 1 saturated carbocycles. The monoisotopic (exact) mass is 631 g/mol. The van der Waals surface area contributed by atoms with Gasteiger partial charge in [-0.2, -0.15) is 13.2 Å². The summed E-state index contributed by atoms with van der Waals surface area (Å²) in [6.45, 7) is 0.00905. The zero-order valence-corrected chi connectivity index (χ0v) is 24.7. The molecule has 1 saturated heterocycles. The number of halogens is 5. The maximum Gasteiger partial charge on any atom is 0.411 e. The molecule has 1 aliphatic carbocycles. The Hall–Kier alpha value is -3.57. The van der Waals surface area contributed by atoms with Crippen molar-refractivity contribution in [1.29, 1.82) is 0 Å². The van der Waals surface area contributed by atoms with Crippen molar-refractivity contribution in [3.63, 3.8) is 0 Å². The Morgan fingerprint density at radius 2 is 1.65 bits per heavy atom. The van der Waals surface area contributed by atoms with Gasteiger partial charge in [0.15, 0.2) is 17.0 Å². The molecule has 2 amide bonds. The molecule has 8 nitrogen and oxygen atoms in total. The number of carbonyl (C=O) groups excluding carboxylic acids is 1. The SMILES string of the molecule is O=C(NC1CCCCC1)NC1(C(F)(F)F)CCN(c2ncnc3c2nc(-c2ccccc2Cl)n3-c2ccc(Cl)cc2)CC1. The maximum atomic E-state index is 14.5. The first kappa shape index (κ1) is 29.5. The summed E-state index contributed by atoms with van der Waals surface area (Å²) < 4.78 is 45.3. The molecule has 43 heavy (non-hydrogen) atoms. The molecule has 2 N–H and O–H groups in total. The summed E-state index contributed by atoms with van der Waals surface area (Å²) in [4.78, 5) is 28.4. The van der Waals surface area contributed by atoms with Gasteiger partial charge in [0.25, 0.3) is 0 Å². The smallest absolute Gasteiger partial charge is 0.354 e. The summed E-state index contributed by atoms with van der Waals surface area (Å²) in [7, 11) is 0. The molecule has 2 aromatic carbocycles. The standard InChI is InChI=1S/C30H30Cl2F3N7O/c31-19-10-12-21(13-11-19)42-25(22-8-4-5-9-23(22)32)39-24-26(36-18-37-27(24)42)41-16-14-29(15-17-41,30(33,34)35)40-28(43)38-20-6-2-1-3-7-20/h4-5,8-13,18,20H,1-3,6-7,14-17H2,(H2,38,40,43). The van der Waals surface area contributed by atoms with Gasteiger partial charge in [0.05, 0.1) is 5.02 Å². The van der Waals surface area contributed by atoms with E-state index in [4.69, 9.17) is 28.2 Å². The molecule has 2 aliphatic rings. The number of imidazole rings is 1. The number of rotatable bonds is 5. The number of amides is 2. The fourth-order valence-corrected chi connectivity index (χ4v) is 6.38. The summed E-state index contributed by atoms with van der Waals surface area (Å²) in [5, 5.41) is 6.12. The van der Waals surface area contributed by atoms with E-state index in [0.717, 1.165) is 37.8 Å². The molecule has 2 fully saturated rings. The van der Waals surface area contributed by atoms with Crippen LogP contribution in [-0.4, -0.2) is 56.4 Å². The fourth-order valence-electron chi connectivity index (χ4n) is 6.04. The highest BCUT2D eigenvalue weighted by atomic mass is 35.5. The average molecular weight is 633 g/mol. The van der Waals surface area contributed by atoms with E-state index in [1.165, 1.54) is 6.33 Å². The molecule has 226 valence electrons. The Balaban J connectivity index is 1.32. The Kier molecular flexibility index (Phi) is 8.12. The summed E-state index contributed by atoms with van der Waals surface area (Å²) in [6, 6.07) is 13.5. The van der Waals surface area contributed by atoms with Crippen molar-refractivity contribution in [3.05, 3.63) is 64.9 Å². The second kappa shape index (κ2) is 11.8. The lowest BCUT2D eigenvalue weighted by molar-refractivity contribution is -0.198. The molecular weight excluding hydrogens is 602 g/mol. The molecule has 0 spiro atoms. The number of alkyl halides is 3. The number of carbonyl (C=O) groups is 1. The first-order valence-electron chi connectivity index (χ1n) is 14.3. The number of nitrogens with one attached hydrogen (secondary N) is 2. The van der Waals surface area contributed by atoms with E-state index in [1.807, 2.05) is 34.9 Å². The highest BCUT2D eigenvalue weighted by Crippen LogP contribution is 2.41. The third-order valence-corrected chi connectivity index (χ3v) is 8.96. The second-order valence-corrected chi connectivity index (χ2v) is 11.9. The first-order valence-corrected chi connectivity index (χ1v) is 15.1. The lowest BCUT2D eigenvalue weighted by Crippen LogP contribution is -2.65. The quantitative estimate of drug-likeness (QED) is 0.241. The second-order valence-electron chi connectivity index (χ2n) is 11.1. The van der Waals surface area contributed by atoms with Crippen LogP contribution in [0.2, 0.25) is 10.0 Å². The van der Waals surface area contributed by atoms with E-state index >= 15 is 0 Å². The van der Waals surface area contributed by atoms with Gasteiger partial charge in [-0.3, -0.25) is 4.57 Å². The van der Waals surface area contributed by atoms with Crippen LogP contribution >= 0.6 is 23.2 Å². The van der Waals surface area contributed by atoms with Crippen LogP contribution in [0, 0.1) is 0 Å². The van der Waals surface area contributed by atoms with Crippen molar-refractivity contribution in [2.24, 2.45) is 0 Å². The molecule has 6 rings (SSSR count). The van der Waals surface area contributed by atoms with Crippen molar-refractivity contribution in [2.45, 2.75) is 62.7 Å². The number of fused-ring (bicyclic) bond motifs is 1. The summed E-state index contributed by atoms with van der Waals surface area (Å²) in [5.74, 6) is 0.917. The van der Waals surface area contributed by atoms with E-state index in [9.17, 15) is 18.0 Å². The van der Waals surface area contributed by atoms with Crippen LogP contribution in [0.25, 0.3) is 28.2 Å². The van der Waals surface area contributed by atoms with Crippen molar-refractivity contribution < 1.29 is 18.0 Å². The largest absolute Gasteiger partial charge is 0.411 e. The van der Waals surface area contributed by atoms with Crippen molar-refractivity contribution >= 4 is 46.2 Å². The predicted octanol–water partition coefficient (Wildman–Crippen LogP) is 7.32. The van der Waals surface area contributed by atoms with Crippen LogP contribution in [0.15, 0.2) is 54.9 Å². The zero-order valence-electron chi connectivity index (χ0n) is 23.2. The van der Waals surface area contributed by atoms with Gasteiger partial charge in [-0.05, 0) is 62.1 Å². The number of anilines is 1. The Bertz CT molecular complexity index is 1610. The van der Waals surface area contributed by atoms with Gasteiger partial charge < -0.3 is 15.5 Å². The van der Waals surface area contributed by atoms with E-state index in [2.05, 4.69) is 20.6 Å². The maximum absolute atomic E-state index is 14.5. The van der Waals surface area contributed by atoms with Crippen molar-refractivity contribution in [3.8, 4) is 17.1 Å². The topological polar surface area (TPSA) is 88.0 Å².